The van der Waals surface area contributed by atoms with Crippen LogP contribution in [0, 0.1) is 6.92 Å². The van der Waals surface area contributed by atoms with Gasteiger partial charge in [0.25, 0.3) is 0 Å². The van der Waals surface area contributed by atoms with Crippen LogP contribution in [0.25, 0.3) is 0 Å². The Kier molecular flexibility index (Phi) is 4.83. The Morgan fingerprint density at radius 1 is 1.41 bits per heavy atom. The van der Waals surface area contributed by atoms with Crippen molar-refractivity contribution < 1.29 is 17.9 Å². The number of aryl methyl sites for hydroxylation is 1. The van der Waals surface area contributed by atoms with Crippen molar-refractivity contribution >= 4 is 5.96 Å². The van der Waals surface area contributed by atoms with Crippen molar-refractivity contribution in [2.45, 2.75) is 38.5 Å². The van der Waals surface area contributed by atoms with Gasteiger partial charge in [0, 0.05) is 18.7 Å². The number of rotatable bonds is 5. The van der Waals surface area contributed by atoms with Crippen LogP contribution in [0.5, 0.6) is 5.75 Å². The van der Waals surface area contributed by atoms with Gasteiger partial charge in [-0.15, -0.1) is 0 Å². The predicted molar refractivity (Wildman–Crippen MR) is 78.8 cm³/mol. The number of ether oxygens (including phenoxy) is 1. The molecule has 0 atom stereocenters. The number of benzene rings is 1. The maximum Gasteiger partial charge on any atom is 0.422 e. The molecule has 22 heavy (non-hydrogen) atoms. The highest BCUT2D eigenvalue weighted by Crippen LogP contribution is 2.26. The molecule has 2 N–H and O–H groups in total. The minimum atomic E-state index is -4.37. The summed E-state index contributed by atoms with van der Waals surface area (Å²) in [4.78, 5) is 6.14. The Hall–Kier alpha value is -1.92. The fraction of sp³-hybridized carbons (Fsp3) is 0.533. The van der Waals surface area contributed by atoms with Gasteiger partial charge in [-0.1, -0.05) is 12.1 Å². The minimum absolute atomic E-state index is 0.191. The molecule has 0 unspecified atom stereocenters. The monoisotopic (exact) mass is 315 g/mol. The van der Waals surface area contributed by atoms with E-state index >= 15 is 0 Å². The topological polar surface area (TPSA) is 50.8 Å². The van der Waals surface area contributed by atoms with E-state index in [9.17, 15) is 13.2 Å². The molecule has 1 aromatic carbocycles. The minimum Gasteiger partial charge on any atom is -0.484 e. The van der Waals surface area contributed by atoms with Crippen molar-refractivity contribution in [3.8, 4) is 5.75 Å². The molecule has 0 heterocycles. The van der Waals surface area contributed by atoms with E-state index in [1.165, 1.54) is 0 Å². The third-order valence-corrected chi connectivity index (χ3v) is 3.48. The quantitative estimate of drug-likeness (QED) is 0.671. The van der Waals surface area contributed by atoms with E-state index in [1.54, 1.807) is 19.1 Å². The number of nitrogens with two attached hydrogens (primary N) is 1. The molecule has 122 valence electrons. The second-order valence-electron chi connectivity index (χ2n) is 5.53. The lowest BCUT2D eigenvalue weighted by Gasteiger charge is -2.17. The Bertz CT molecular complexity index is 553. The van der Waals surface area contributed by atoms with E-state index in [1.807, 2.05) is 18.0 Å². The molecule has 0 amide bonds. The molecule has 1 fully saturated rings. The average molecular weight is 315 g/mol. The van der Waals surface area contributed by atoms with E-state index in [0.717, 1.165) is 18.4 Å². The highest BCUT2D eigenvalue weighted by Gasteiger charge is 2.29. The van der Waals surface area contributed by atoms with Gasteiger partial charge < -0.3 is 15.4 Å². The standard InChI is InChI=1S/C15H20F3N3O/c1-10-3-4-11(13(7-10)22-9-15(16,17)18)8-20-14(19)21(2)12-5-6-12/h3-4,7,12H,5-6,8-9H2,1-2H3,(H2,19,20). The maximum absolute atomic E-state index is 12.3. The third kappa shape index (κ3) is 4.82. The number of alkyl halides is 3. The van der Waals surface area contributed by atoms with Crippen LogP contribution in [0.3, 0.4) is 0 Å². The van der Waals surface area contributed by atoms with Gasteiger partial charge in [0.2, 0.25) is 0 Å². The van der Waals surface area contributed by atoms with Crippen molar-refractivity contribution in [1.82, 2.24) is 4.90 Å². The molecular formula is C15H20F3N3O. The van der Waals surface area contributed by atoms with Crippen molar-refractivity contribution in [3.05, 3.63) is 29.3 Å². The van der Waals surface area contributed by atoms with Gasteiger partial charge in [0.15, 0.2) is 12.6 Å². The van der Waals surface area contributed by atoms with E-state index in [2.05, 4.69) is 4.99 Å². The first-order valence-electron chi connectivity index (χ1n) is 7.08. The summed E-state index contributed by atoms with van der Waals surface area (Å²) in [7, 11) is 1.87. The van der Waals surface area contributed by atoms with Crippen LogP contribution in [-0.2, 0) is 6.54 Å². The fourth-order valence-electron chi connectivity index (χ4n) is 2.01. The number of aliphatic imine (C=N–C) groups is 1. The molecule has 0 spiro atoms. The molecule has 2 rings (SSSR count). The first kappa shape index (κ1) is 16.5. The normalized spacial score (nSPS) is 15.8. The molecule has 1 saturated carbocycles. The Morgan fingerprint density at radius 3 is 2.68 bits per heavy atom. The molecule has 0 saturated heterocycles. The zero-order valence-electron chi connectivity index (χ0n) is 12.7. The Balaban J connectivity index is 2.07. The number of hydrogen-bond donors (Lipinski definition) is 1. The first-order valence-corrected chi connectivity index (χ1v) is 7.08. The summed E-state index contributed by atoms with van der Waals surface area (Å²) in [6, 6.07) is 5.54. The molecule has 1 aliphatic carbocycles. The molecule has 0 bridgehead atoms. The van der Waals surface area contributed by atoms with E-state index in [-0.39, 0.29) is 12.3 Å². The largest absolute Gasteiger partial charge is 0.484 e. The van der Waals surface area contributed by atoms with Crippen molar-refractivity contribution in [1.29, 1.82) is 0 Å². The smallest absolute Gasteiger partial charge is 0.422 e. The van der Waals surface area contributed by atoms with Crippen molar-refractivity contribution in [2.24, 2.45) is 10.7 Å². The lowest BCUT2D eigenvalue weighted by molar-refractivity contribution is -0.153. The van der Waals surface area contributed by atoms with Crippen LogP contribution in [0.15, 0.2) is 23.2 Å². The predicted octanol–water partition coefficient (Wildman–Crippen LogP) is 2.85. The number of halogens is 3. The van der Waals surface area contributed by atoms with E-state index < -0.39 is 12.8 Å². The van der Waals surface area contributed by atoms with E-state index in [0.29, 0.717) is 17.6 Å². The molecule has 0 radical (unpaired) electrons. The third-order valence-electron chi connectivity index (χ3n) is 3.48. The highest BCUT2D eigenvalue weighted by molar-refractivity contribution is 5.78. The molecule has 4 nitrogen and oxygen atoms in total. The van der Waals surface area contributed by atoms with Gasteiger partial charge in [-0.2, -0.15) is 13.2 Å². The summed E-state index contributed by atoms with van der Waals surface area (Å²) in [6.07, 6.45) is -2.18. The van der Waals surface area contributed by atoms with Gasteiger partial charge in [-0.05, 0) is 31.4 Å². The Morgan fingerprint density at radius 2 is 2.09 bits per heavy atom. The molecule has 7 heteroatoms. The SMILES string of the molecule is Cc1ccc(CN=C(N)N(C)C2CC2)c(OCC(F)(F)F)c1. The zero-order chi connectivity index (χ0) is 16.3. The van der Waals surface area contributed by atoms with Gasteiger partial charge in [0.1, 0.15) is 5.75 Å². The Labute approximate surface area is 127 Å². The van der Waals surface area contributed by atoms with Crippen LogP contribution < -0.4 is 10.5 Å². The number of nitrogens with zero attached hydrogens (tertiary/aromatic N) is 2. The van der Waals surface area contributed by atoms with Gasteiger partial charge >= 0.3 is 6.18 Å². The van der Waals surface area contributed by atoms with Gasteiger partial charge in [-0.3, -0.25) is 0 Å². The van der Waals surface area contributed by atoms with Crippen LogP contribution >= 0.6 is 0 Å². The van der Waals surface area contributed by atoms with Crippen molar-refractivity contribution in [3.63, 3.8) is 0 Å². The maximum atomic E-state index is 12.3. The van der Waals surface area contributed by atoms with Gasteiger partial charge in [-0.25, -0.2) is 4.99 Å². The van der Waals surface area contributed by atoms with Crippen LogP contribution in [-0.4, -0.2) is 36.7 Å². The first-order chi connectivity index (χ1) is 10.3. The molecule has 0 aliphatic heterocycles. The number of hydrogen-bond acceptors (Lipinski definition) is 2. The zero-order valence-corrected chi connectivity index (χ0v) is 12.7. The van der Waals surface area contributed by atoms with Crippen LogP contribution in [0.1, 0.15) is 24.0 Å². The summed E-state index contributed by atoms with van der Waals surface area (Å²) in [5.74, 6) is 0.591. The molecule has 1 aromatic rings. The summed E-state index contributed by atoms with van der Waals surface area (Å²) in [5, 5.41) is 0. The second-order valence-corrected chi connectivity index (χ2v) is 5.53. The summed E-state index contributed by atoms with van der Waals surface area (Å²) >= 11 is 0. The van der Waals surface area contributed by atoms with Crippen LogP contribution in [0.2, 0.25) is 0 Å². The summed E-state index contributed by atoms with van der Waals surface area (Å²) < 4.78 is 41.8. The summed E-state index contributed by atoms with van der Waals surface area (Å²) in [6.45, 7) is 0.670. The van der Waals surface area contributed by atoms with Crippen LogP contribution in [0.4, 0.5) is 13.2 Å². The van der Waals surface area contributed by atoms with Gasteiger partial charge in [0.05, 0.1) is 6.54 Å². The molecule has 0 aromatic heterocycles. The van der Waals surface area contributed by atoms with Crippen molar-refractivity contribution in [2.75, 3.05) is 13.7 Å². The molecule has 1 aliphatic rings. The number of guanidine groups is 1. The second kappa shape index (κ2) is 6.46. The van der Waals surface area contributed by atoms with E-state index in [4.69, 9.17) is 10.5 Å². The highest BCUT2D eigenvalue weighted by atomic mass is 19.4. The summed E-state index contributed by atoms with van der Waals surface area (Å²) in [5.41, 5.74) is 7.30. The fourth-order valence-corrected chi connectivity index (χ4v) is 2.01. The lowest BCUT2D eigenvalue weighted by Crippen LogP contribution is -2.35. The molecular weight excluding hydrogens is 295 g/mol. The lowest BCUT2D eigenvalue weighted by atomic mass is 10.1. The average Bonchev–Trinajstić information content (AvgIpc) is 3.26.